The molecule has 0 saturated carbocycles. The number of nitrogens with zero attached hydrogens (tertiary/aromatic N) is 1. The summed E-state index contributed by atoms with van der Waals surface area (Å²) in [5, 5.41) is 0. The molecule has 0 bridgehead atoms. The van der Waals surface area contributed by atoms with Crippen LogP contribution in [-0.4, -0.2) is 24.8 Å². The highest BCUT2D eigenvalue weighted by Gasteiger charge is 2.22. The zero-order valence-corrected chi connectivity index (χ0v) is 8.68. The number of hydrogen-bond donors (Lipinski definition) is 1. The number of fused-ring (bicyclic) bond motifs is 1. The van der Waals surface area contributed by atoms with E-state index in [1.165, 1.54) is 0 Å². The summed E-state index contributed by atoms with van der Waals surface area (Å²) >= 11 is 0. The molecule has 0 amide bonds. The Kier molecular flexibility index (Phi) is 2.27. The molecule has 1 atom stereocenters. The Balaban J connectivity index is 1.97. The van der Waals surface area contributed by atoms with E-state index in [4.69, 9.17) is 19.6 Å². The normalized spacial score (nSPS) is 21.4. The molecule has 1 aliphatic rings. The van der Waals surface area contributed by atoms with E-state index in [0.29, 0.717) is 31.4 Å². The van der Waals surface area contributed by atoms with Crippen LogP contribution >= 0.6 is 0 Å². The Morgan fingerprint density at radius 1 is 1.31 bits per heavy atom. The van der Waals surface area contributed by atoms with Gasteiger partial charge in [-0.3, -0.25) is 0 Å². The molecule has 1 aromatic carbocycles. The number of nitrogen functional groups attached to an aromatic ring is 1. The van der Waals surface area contributed by atoms with Crippen LogP contribution in [0.2, 0.25) is 0 Å². The third kappa shape index (κ3) is 1.64. The van der Waals surface area contributed by atoms with E-state index in [-0.39, 0.29) is 6.10 Å². The molecule has 84 valence electrons. The lowest BCUT2D eigenvalue weighted by Crippen LogP contribution is -2.22. The molecular weight excluding hydrogens is 208 g/mol. The summed E-state index contributed by atoms with van der Waals surface area (Å²) in [6.45, 7) is 1.69. The second kappa shape index (κ2) is 3.77. The number of hydrogen-bond acceptors (Lipinski definition) is 5. The number of anilines is 1. The van der Waals surface area contributed by atoms with Crippen LogP contribution in [0, 0.1) is 0 Å². The van der Waals surface area contributed by atoms with Crippen LogP contribution in [0.5, 0.6) is 0 Å². The van der Waals surface area contributed by atoms with Crippen LogP contribution in [0.4, 0.5) is 5.69 Å². The maximum absolute atomic E-state index is 5.67. The summed E-state index contributed by atoms with van der Waals surface area (Å²) in [4.78, 5) is 4.35. The molecule has 3 rings (SSSR count). The van der Waals surface area contributed by atoms with E-state index in [1.807, 2.05) is 6.07 Å². The van der Waals surface area contributed by atoms with Gasteiger partial charge in [-0.25, -0.2) is 4.98 Å². The first-order chi connectivity index (χ1) is 7.83. The van der Waals surface area contributed by atoms with Crippen LogP contribution in [0.1, 0.15) is 12.0 Å². The van der Waals surface area contributed by atoms with E-state index in [2.05, 4.69) is 4.98 Å². The van der Waals surface area contributed by atoms with Crippen LogP contribution < -0.4 is 5.73 Å². The molecule has 1 fully saturated rings. The molecule has 1 aliphatic heterocycles. The number of ether oxygens (including phenoxy) is 2. The Bertz CT molecular complexity index is 503. The van der Waals surface area contributed by atoms with E-state index < -0.39 is 0 Å². The van der Waals surface area contributed by atoms with Crippen molar-refractivity contribution in [2.24, 2.45) is 0 Å². The summed E-state index contributed by atoms with van der Waals surface area (Å²) in [5.74, 6) is 0.556. The summed E-state index contributed by atoms with van der Waals surface area (Å²) < 4.78 is 16.4. The van der Waals surface area contributed by atoms with Crippen LogP contribution in [0.15, 0.2) is 22.6 Å². The van der Waals surface area contributed by atoms with Gasteiger partial charge in [-0.1, -0.05) is 0 Å². The Morgan fingerprint density at radius 3 is 3.06 bits per heavy atom. The number of benzene rings is 1. The van der Waals surface area contributed by atoms with E-state index in [9.17, 15) is 0 Å². The monoisotopic (exact) mass is 220 g/mol. The van der Waals surface area contributed by atoms with Gasteiger partial charge in [0.1, 0.15) is 5.52 Å². The maximum Gasteiger partial charge on any atom is 0.227 e. The largest absolute Gasteiger partial charge is 0.438 e. The lowest BCUT2D eigenvalue weighted by Gasteiger charge is -2.19. The second-order valence-corrected chi connectivity index (χ2v) is 3.71. The first-order valence-corrected chi connectivity index (χ1v) is 5.18. The van der Waals surface area contributed by atoms with Gasteiger partial charge in [-0.15, -0.1) is 0 Å². The van der Waals surface area contributed by atoms with Crippen molar-refractivity contribution in [3.8, 4) is 0 Å². The van der Waals surface area contributed by atoms with Gasteiger partial charge in [0.25, 0.3) is 0 Å². The van der Waals surface area contributed by atoms with E-state index >= 15 is 0 Å². The lowest BCUT2D eigenvalue weighted by molar-refractivity contribution is -0.0991. The van der Waals surface area contributed by atoms with Gasteiger partial charge in [0.05, 0.1) is 19.8 Å². The van der Waals surface area contributed by atoms with Crippen molar-refractivity contribution in [1.29, 1.82) is 0 Å². The van der Waals surface area contributed by atoms with Crippen molar-refractivity contribution < 1.29 is 13.9 Å². The topological polar surface area (TPSA) is 70.5 Å². The standard InChI is InChI=1S/C11H12N2O3/c12-7-1-2-9-8(5-7)13-11(16-9)10-6-14-3-4-15-10/h1-2,5,10H,3-4,6,12H2. The molecule has 2 heterocycles. The molecule has 1 saturated heterocycles. The highest BCUT2D eigenvalue weighted by molar-refractivity contribution is 5.76. The fourth-order valence-corrected chi connectivity index (χ4v) is 1.73. The molecule has 2 N–H and O–H groups in total. The molecule has 0 radical (unpaired) electrons. The Hall–Kier alpha value is -1.59. The maximum atomic E-state index is 5.67. The summed E-state index contributed by atoms with van der Waals surface area (Å²) in [6.07, 6.45) is -0.206. The number of rotatable bonds is 1. The van der Waals surface area contributed by atoms with Crippen LogP contribution in [-0.2, 0) is 9.47 Å². The van der Waals surface area contributed by atoms with E-state index in [0.717, 1.165) is 11.1 Å². The quantitative estimate of drug-likeness (QED) is 0.737. The van der Waals surface area contributed by atoms with Crippen molar-refractivity contribution in [3.05, 3.63) is 24.1 Å². The van der Waals surface area contributed by atoms with Crippen molar-refractivity contribution in [2.75, 3.05) is 25.6 Å². The zero-order valence-electron chi connectivity index (χ0n) is 8.68. The third-order valence-corrected chi connectivity index (χ3v) is 2.52. The zero-order chi connectivity index (χ0) is 11.0. The summed E-state index contributed by atoms with van der Waals surface area (Å²) in [5.41, 5.74) is 7.82. The average molecular weight is 220 g/mol. The van der Waals surface area contributed by atoms with E-state index in [1.54, 1.807) is 12.1 Å². The van der Waals surface area contributed by atoms with Crippen LogP contribution in [0.3, 0.4) is 0 Å². The minimum atomic E-state index is -0.206. The summed E-state index contributed by atoms with van der Waals surface area (Å²) in [6, 6.07) is 5.38. The second-order valence-electron chi connectivity index (χ2n) is 3.71. The fraction of sp³-hybridized carbons (Fsp3) is 0.364. The lowest BCUT2D eigenvalue weighted by atomic mass is 10.3. The van der Waals surface area contributed by atoms with Crippen molar-refractivity contribution in [2.45, 2.75) is 6.10 Å². The fourth-order valence-electron chi connectivity index (χ4n) is 1.73. The minimum Gasteiger partial charge on any atom is -0.438 e. The molecular formula is C11H12N2O3. The highest BCUT2D eigenvalue weighted by Crippen LogP contribution is 2.25. The first kappa shape index (κ1) is 9.62. The molecule has 1 unspecified atom stereocenters. The van der Waals surface area contributed by atoms with Gasteiger partial charge in [0, 0.05) is 5.69 Å². The molecule has 16 heavy (non-hydrogen) atoms. The smallest absolute Gasteiger partial charge is 0.227 e. The molecule has 5 heteroatoms. The Morgan fingerprint density at radius 2 is 2.25 bits per heavy atom. The van der Waals surface area contributed by atoms with Gasteiger partial charge in [0.15, 0.2) is 11.7 Å². The molecule has 1 aromatic heterocycles. The number of oxazole rings is 1. The van der Waals surface area contributed by atoms with Gasteiger partial charge >= 0.3 is 0 Å². The van der Waals surface area contributed by atoms with Crippen LogP contribution in [0.25, 0.3) is 11.1 Å². The summed E-state index contributed by atoms with van der Waals surface area (Å²) in [7, 11) is 0. The van der Waals surface area contributed by atoms with Gasteiger partial charge in [0.2, 0.25) is 5.89 Å². The molecule has 5 nitrogen and oxygen atoms in total. The highest BCUT2D eigenvalue weighted by atomic mass is 16.6. The SMILES string of the molecule is Nc1ccc2oc(C3COCCO3)nc2c1. The number of nitrogens with two attached hydrogens (primary N) is 1. The third-order valence-electron chi connectivity index (χ3n) is 2.52. The number of aromatic nitrogens is 1. The predicted octanol–water partition coefficient (Wildman–Crippen LogP) is 1.50. The molecule has 2 aromatic rings. The van der Waals surface area contributed by atoms with Gasteiger partial charge < -0.3 is 19.6 Å². The predicted molar refractivity (Wildman–Crippen MR) is 57.9 cm³/mol. The average Bonchev–Trinajstić information content (AvgIpc) is 2.73. The Labute approximate surface area is 92.1 Å². The molecule has 0 spiro atoms. The molecule has 0 aliphatic carbocycles. The van der Waals surface area contributed by atoms with Gasteiger partial charge in [-0.05, 0) is 18.2 Å². The first-order valence-electron chi connectivity index (χ1n) is 5.18. The van der Waals surface area contributed by atoms with Crippen molar-refractivity contribution in [1.82, 2.24) is 4.98 Å². The van der Waals surface area contributed by atoms with Gasteiger partial charge in [-0.2, -0.15) is 0 Å². The van der Waals surface area contributed by atoms with Crippen molar-refractivity contribution in [3.63, 3.8) is 0 Å². The minimum absolute atomic E-state index is 0.206. The van der Waals surface area contributed by atoms with Crippen molar-refractivity contribution >= 4 is 16.8 Å².